The first-order valence-corrected chi connectivity index (χ1v) is 8.29. The summed E-state index contributed by atoms with van der Waals surface area (Å²) in [4.78, 5) is 8.24. The number of benzene rings is 2. The summed E-state index contributed by atoms with van der Waals surface area (Å²) >= 11 is 1.91. The number of para-hydroxylation sites is 1. The molecule has 1 unspecified atom stereocenters. The second-order valence-corrected chi connectivity index (χ2v) is 6.56. The highest BCUT2D eigenvalue weighted by Crippen LogP contribution is 2.46. The smallest absolute Gasteiger partial charge is 0.137 e. The summed E-state index contributed by atoms with van der Waals surface area (Å²) in [6, 6.07) is 25.3. The number of thioether (sulfide) groups is 1. The maximum atomic E-state index is 4.62. The first kappa shape index (κ1) is 13.4. The minimum absolute atomic E-state index is 0.409. The van der Waals surface area contributed by atoms with Crippen molar-refractivity contribution in [2.75, 3.05) is 11.4 Å². The Morgan fingerprint density at radius 3 is 2.36 bits per heavy atom. The SMILES string of the molecule is c1ccc(SC2CN(c3ccccc3)c3ncccc32)cc1. The van der Waals surface area contributed by atoms with Gasteiger partial charge in [0, 0.05) is 28.9 Å². The molecule has 4 rings (SSSR count). The molecule has 2 nitrogen and oxygen atoms in total. The van der Waals surface area contributed by atoms with Gasteiger partial charge in [-0.1, -0.05) is 42.5 Å². The zero-order valence-electron chi connectivity index (χ0n) is 12.1. The van der Waals surface area contributed by atoms with Crippen LogP contribution < -0.4 is 4.90 Å². The van der Waals surface area contributed by atoms with Crippen LogP contribution in [0.25, 0.3) is 0 Å². The monoisotopic (exact) mass is 304 g/mol. The largest absolute Gasteiger partial charge is 0.325 e. The van der Waals surface area contributed by atoms with Crippen LogP contribution in [0.4, 0.5) is 11.5 Å². The lowest BCUT2D eigenvalue weighted by atomic mass is 10.2. The molecule has 1 atom stereocenters. The van der Waals surface area contributed by atoms with Crippen molar-refractivity contribution in [1.29, 1.82) is 0 Å². The minimum atomic E-state index is 0.409. The molecule has 1 aliphatic heterocycles. The third kappa shape index (κ3) is 2.48. The average Bonchev–Trinajstić information content (AvgIpc) is 2.96. The molecule has 108 valence electrons. The molecule has 2 aromatic carbocycles. The number of anilines is 2. The summed E-state index contributed by atoms with van der Waals surface area (Å²) < 4.78 is 0. The Morgan fingerprint density at radius 2 is 1.59 bits per heavy atom. The normalized spacial score (nSPS) is 16.5. The molecule has 2 heterocycles. The van der Waals surface area contributed by atoms with E-state index in [9.17, 15) is 0 Å². The first-order chi connectivity index (χ1) is 10.9. The fourth-order valence-electron chi connectivity index (χ4n) is 2.84. The second-order valence-electron chi connectivity index (χ2n) is 5.28. The van der Waals surface area contributed by atoms with E-state index in [2.05, 4.69) is 76.6 Å². The van der Waals surface area contributed by atoms with Crippen molar-refractivity contribution in [1.82, 2.24) is 4.98 Å². The van der Waals surface area contributed by atoms with Gasteiger partial charge in [0.2, 0.25) is 0 Å². The molecule has 1 aliphatic rings. The summed E-state index contributed by atoms with van der Waals surface area (Å²) in [5.74, 6) is 1.09. The van der Waals surface area contributed by atoms with Crippen molar-refractivity contribution in [3.8, 4) is 0 Å². The molecule has 0 radical (unpaired) electrons. The molecule has 22 heavy (non-hydrogen) atoms. The van der Waals surface area contributed by atoms with E-state index in [4.69, 9.17) is 0 Å². The Morgan fingerprint density at radius 1 is 0.864 bits per heavy atom. The van der Waals surface area contributed by atoms with Crippen LogP contribution in [0.2, 0.25) is 0 Å². The Hall–Kier alpha value is -2.26. The molecule has 0 amide bonds. The Kier molecular flexibility index (Phi) is 3.57. The van der Waals surface area contributed by atoms with E-state index in [1.807, 2.05) is 24.0 Å². The standard InChI is InChI=1S/C19H16N2S/c1-3-8-15(9-4-1)21-14-18(17-12-7-13-20-19(17)21)22-16-10-5-2-6-11-16/h1-13,18H,14H2. The van der Waals surface area contributed by atoms with E-state index >= 15 is 0 Å². The molecule has 3 heteroatoms. The van der Waals surface area contributed by atoms with Gasteiger partial charge in [-0.05, 0) is 30.3 Å². The van der Waals surface area contributed by atoms with E-state index in [1.165, 1.54) is 16.1 Å². The van der Waals surface area contributed by atoms with Crippen molar-refractivity contribution in [3.63, 3.8) is 0 Å². The summed E-state index contributed by atoms with van der Waals surface area (Å²) in [5, 5.41) is 0.409. The molecule has 0 N–H and O–H groups in total. The zero-order valence-corrected chi connectivity index (χ0v) is 12.9. The number of fused-ring (bicyclic) bond motifs is 1. The van der Waals surface area contributed by atoms with Crippen LogP contribution in [0.3, 0.4) is 0 Å². The number of nitrogens with zero attached hydrogens (tertiary/aromatic N) is 2. The number of aromatic nitrogens is 1. The van der Waals surface area contributed by atoms with Crippen molar-refractivity contribution in [2.45, 2.75) is 10.1 Å². The van der Waals surface area contributed by atoms with E-state index in [-0.39, 0.29) is 0 Å². The number of hydrogen-bond donors (Lipinski definition) is 0. The first-order valence-electron chi connectivity index (χ1n) is 7.41. The molecular weight excluding hydrogens is 288 g/mol. The van der Waals surface area contributed by atoms with E-state index < -0.39 is 0 Å². The van der Waals surface area contributed by atoms with E-state index in [0.29, 0.717) is 5.25 Å². The molecule has 0 aliphatic carbocycles. The van der Waals surface area contributed by atoms with Gasteiger partial charge in [0.05, 0.1) is 5.25 Å². The van der Waals surface area contributed by atoms with Crippen molar-refractivity contribution in [2.24, 2.45) is 0 Å². The second kappa shape index (κ2) is 5.85. The molecule has 0 saturated heterocycles. The summed E-state index contributed by atoms with van der Waals surface area (Å²) in [7, 11) is 0. The lowest BCUT2D eigenvalue weighted by Gasteiger charge is -2.18. The van der Waals surface area contributed by atoms with Crippen LogP contribution in [-0.4, -0.2) is 11.5 Å². The van der Waals surface area contributed by atoms with Gasteiger partial charge in [0.25, 0.3) is 0 Å². The predicted molar refractivity (Wildman–Crippen MR) is 92.7 cm³/mol. The fraction of sp³-hybridized carbons (Fsp3) is 0.105. The lowest BCUT2D eigenvalue weighted by Crippen LogP contribution is -2.15. The van der Waals surface area contributed by atoms with Crippen LogP contribution in [0.1, 0.15) is 10.8 Å². The average molecular weight is 304 g/mol. The third-order valence-corrected chi connectivity index (χ3v) is 5.09. The predicted octanol–water partition coefficient (Wildman–Crippen LogP) is 5.07. The summed E-state index contributed by atoms with van der Waals surface area (Å²) in [6.07, 6.45) is 1.88. The third-order valence-electron chi connectivity index (χ3n) is 3.86. The van der Waals surface area contributed by atoms with Crippen molar-refractivity contribution in [3.05, 3.63) is 84.6 Å². The number of hydrogen-bond acceptors (Lipinski definition) is 3. The highest BCUT2D eigenvalue weighted by atomic mass is 32.2. The number of pyridine rings is 1. The van der Waals surface area contributed by atoms with Gasteiger partial charge in [-0.3, -0.25) is 0 Å². The molecule has 3 aromatic rings. The topological polar surface area (TPSA) is 16.1 Å². The maximum Gasteiger partial charge on any atom is 0.137 e. The van der Waals surface area contributed by atoms with Gasteiger partial charge in [-0.2, -0.15) is 0 Å². The van der Waals surface area contributed by atoms with Gasteiger partial charge in [-0.25, -0.2) is 4.98 Å². The molecule has 0 saturated carbocycles. The van der Waals surface area contributed by atoms with Crippen LogP contribution in [-0.2, 0) is 0 Å². The number of rotatable bonds is 3. The van der Waals surface area contributed by atoms with Gasteiger partial charge >= 0.3 is 0 Å². The molecule has 0 spiro atoms. The quantitative estimate of drug-likeness (QED) is 0.672. The van der Waals surface area contributed by atoms with Crippen LogP contribution in [0.15, 0.2) is 83.9 Å². The Balaban J connectivity index is 1.68. The molecule has 1 aromatic heterocycles. The van der Waals surface area contributed by atoms with E-state index in [0.717, 1.165) is 12.4 Å². The van der Waals surface area contributed by atoms with Gasteiger partial charge in [-0.15, -0.1) is 11.8 Å². The van der Waals surface area contributed by atoms with Gasteiger partial charge in [0.15, 0.2) is 0 Å². The molecular formula is C19H16N2S. The van der Waals surface area contributed by atoms with Gasteiger partial charge < -0.3 is 4.90 Å². The maximum absolute atomic E-state index is 4.62. The summed E-state index contributed by atoms with van der Waals surface area (Å²) in [5.41, 5.74) is 2.53. The van der Waals surface area contributed by atoms with Crippen LogP contribution >= 0.6 is 11.8 Å². The highest BCUT2D eigenvalue weighted by Gasteiger charge is 2.31. The van der Waals surface area contributed by atoms with Crippen molar-refractivity contribution >= 4 is 23.3 Å². The Bertz CT molecular complexity index is 759. The van der Waals surface area contributed by atoms with Crippen LogP contribution in [0.5, 0.6) is 0 Å². The summed E-state index contributed by atoms with van der Waals surface area (Å²) in [6.45, 7) is 0.954. The highest BCUT2D eigenvalue weighted by molar-refractivity contribution is 7.99. The Labute approximate surface area is 134 Å². The van der Waals surface area contributed by atoms with Gasteiger partial charge in [0.1, 0.15) is 5.82 Å². The molecule has 0 fully saturated rings. The van der Waals surface area contributed by atoms with E-state index in [1.54, 1.807) is 0 Å². The molecule has 0 bridgehead atoms. The van der Waals surface area contributed by atoms with Crippen molar-refractivity contribution < 1.29 is 0 Å². The van der Waals surface area contributed by atoms with Crippen LogP contribution in [0, 0.1) is 0 Å². The zero-order chi connectivity index (χ0) is 14.8. The lowest BCUT2D eigenvalue weighted by molar-refractivity contribution is 0.969. The fourth-order valence-corrected chi connectivity index (χ4v) is 4.01. The minimum Gasteiger partial charge on any atom is -0.325 e.